The van der Waals surface area contributed by atoms with Crippen molar-refractivity contribution >= 4 is 5.91 Å². The molecule has 24 heavy (non-hydrogen) atoms. The highest BCUT2D eigenvalue weighted by Crippen LogP contribution is 2.17. The number of nitrogens with zero attached hydrogens (tertiary/aromatic N) is 4. The van der Waals surface area contributed by atoms with Crippen molar-refractivity contribution in [2.45, 2.75) is 12.6 Å². The maximum Gasteiger partial charge on any atom is 0.248 e. The third kappa shape index (κ3) is 3.44. The molecule has 8 heteroatoms. The molecular formula is C16H14FN5O2. The summed E-state index contributed by atoms with van der Waals surface area (Å²) < 4.78 is 13.2. The van der Waals surface area contributed by atoms with E-state index in [2.05, 4.69) is 15.4 Å². The highest BCUT2D eigenvalue weighted by atomic mass is 19.1. The van der Waals surface area contributed by atoms with Crippen LogP contribution in [-0.2, 0) is 6.54 Å². The Morgan fingerprint density at radius 3 is 2.67 bits per heavy atom. The molecule has 2 aromatic carbocycles. The number of hydrogen-bond donors (Lipinski definition) is 2. The summed E-state index contributed by atoms with van der Waals surface area (Å²) in [6.45, 7) is 0.0375. The van der Waals surface area contributed by atoms with Gasteiger partial charge >= 0.3 is 0 Å². The molecule has 0 bridgehead atoms. The molecule has 0 aliphatic rings. The van der Waals surface area contributed by atoms with Crippen molar-refractivity contribution in [2.24, 2.45) is 5.73 Å². The second kappa shape index (κ2) is 6.55. The van der Waals surface area contributed by atoms with E-state index < -0.39 is 17.8 Å². The van der Waals surface area contributed by atoms with Crippen LogP contribution in [0.15, 0.2) is 48.5 Å². The number of aromatic nitrogens is 4. The summed E-state index contributed by atoms with van der Waals surface area (Å²) in [7, 11) is 0. The molecule has 0 saturated carbocycles. The lowest BCUT2D eigenvalue weighted by molar-refractivity contribution is 0.1000. The predicted molar refractivity (Wildman–Crippen MR) is 83.1 cm³/mol. The largest absolute Gasteiger partial charge is 0.386 e. The summed E-state index contributed by atoms with van der Waals surface area (Å²) in [5.41, 5.74) is 6.66. The van der Waals surface area contributed by atoms with E-state index in [1.807, 2.05) is 0 Å². The van der Waals surface area contributed by atoms with Crippen molar-refractivity contribution in [2.75, 3.05) is 0 Å². The van der Waals surface area contributed by atoms with Gasteiger partial charge in [-0.15, -0.1) is 10.2 Å². The van der Waals surface area contributed by atoms with Gasteiger partial charge in [0.05, 0.1) is 6.54 Å². The molecule has 1 atom stereocenters. The number of rotatable bonds is 5. The Morgan fingerprint density at radius 1 is 1.25 bits per heavy atom. The van der Waals surface area contributed by atoms with Gasteiger partial charge in [-0.05, 0) is 35.0 Å². The van der Waals surface area contributed by atoms with E-state index in [9.17, 15) is 14.3 Å². The van der Waals surface area contributed by atoms with Crippen molar-refractivity contribution in [1.29, 1.82) is 0 Å². The van der Waals surface area contributed by atoms with Gasteiger partial charge in [-0.2, -0.15) is 4.80 Å². The first-order valence-corrected chi connectivity index (χ1v) is 7.14. The molecule has 1 amide bonds. The van der Waals surface area contributed by atoms with E-state index in [0.717, 1.165) is 0 Å². The number of halogens is 1. The van der Waals surface area contributed by atoms with E-state index in [1.54, 1.807) is 30.3 Å². The molecule has 3 N–H and O–H groups in total. The van der Waals surface area contributed by atoms with Gasteiger partial charge in [-0.3, -0.25) is 4.79 Å². The van der Waals surface area contributed by atoms with Crippen LogP contribution in [0, 0.1) is 5.82 Å². The molecule has 0 fully saturated rings. The highest BCUT2D eigenvalue weighted by Gasteiger charge is 2.13. The van der Waals surface area contributed by atoms with Crippen LogP contribution in [0.4, 0.5) is 4.39 Å². The zero-order valence-electron chi connectivity index (χ0n) is 12.5. The van der Waals surface area contributed by atoms with E-state index in [-0.39, 0.29) is 6.54 Å². The summed E-state index contributed by atoms with van der Waals surface area (Å²) in [4.78, 5) is 12.3. The van der Waals surface area contributed by atoms with Crippen LogP contribution >= 0.6 is 0 Å². The molecule has 7 nitrogen and oxygen atoms in total. The number of tetrazole rings is 1. The SMILES string of the molecule is NC(=O)c1ccc(-c2nnn(CC(O)c3cccc(F)c3)n2)cc1. The van der Waals surface area contributed by atoms with Gasteiger partial charge < -0.3 is 10.8 Å². The van der Waals surface area contributed by atoms with Crippen molar-refractivity contribution in [1.82, 2.24) is 20.2 Å². The number of aliphatic hydroxyl groups is 1. The smallest absolute Gasteiger partial charge is 0.248 e. The third-order valence-corrected chi connectivity index (χ3v) is 3.45. The van der Waals surface area contributed by atoms with Crippen molar-refractivity contribution < 1.29 is 14.3 Å². The first-order valence-electron chi connectivity index (χ1n) is 7.14. The fraction of sp³-hybridized carbons (Fsp3) is 0.125. The lowest BCUT2D eigenvalue weighted by atomic mass is 10.1. The monoisotopic (exact) mass is 327 g/mol. The minimum Gasteiger partial charge on any atom is -0.386 e. The van der Waals surface area contributed by atoms with Gasteiger partial charge in [-0.25, -0.2) is 4.39 Å². The molecule has 1 aromatic heterocycles. The van der Waals surface area contributed by atoms with Crippen molar-refractivity contribution in [3.8, 4) is 11.4 Å². The van der Waals surface area contributed by atoms with Crippen LogP contribution in [-0.4, -0.2) is 31.2 Å². The quantitative estimate of drug-likeness (QED) is 0.735. The second-order valence-corrected chi connectivity index (χ2v) is 5.18. The molecule has 1 unspecified atom stereocenters. The van der Waals surface area contributed by atoms with Crippen molar-refractivity contribution in [3.05, 3.63) is 65.5 Å². The van der Waals surface area contributed by atoms with E-state index in [0.29, 0.717) is 22.5 Å². The second-order valence-electron chi connectivity index (χ2n) is 5.18. The Labute approximate surface area is 136 Å². The van der Waals surface area contributed by atoms with E-state index in [1.165, 1.54) is 23.0 Å². The molecule has 0 spiro atoms. The van der Waals surface area contributed by atoms with Crippen molar-refractivity contribution in [3.63, 3.8) is 0 Å². The number of carbonyl (C=O) groups is 1. The summed E-state index contributed by atoms with van der Waals surface area (Å²) in [5.74, 6) is -0.595. The van der Waals surface area contributed by atoms with Gasteiger partial charge in [0.1, 0.15) is 11.9 Å². The van der Waals surface area contributed by atoms with Gasteiger partial charge in [0, 0.05) is 11.1 Å². The Kier molecular flexibility index (Phi) is 4.30. The normalized spacial score (nSPS) is 12.1. The summed E-state index contributed by atoms with van der Waals surface area (Å²) >= 11 is 0. The molecule has 0 aliphatic carbocycles. The van der Waals surface area contributed by atoms with Gasteiger partial charge in [0.2, 0.25) is 11.7 Å². The fourth-order valence-corrected chi connectivity index (χ4v) is 2.19. The Balaban J connectivity index is 1.74. The zero-order chi connectivity index (χ0) is 17.1. The highest BCUT2D eigenvalue weighted by molar-refractivity contribution is 5.93. The van der Waals surface area contributed by atoms with E-state index >= 15 is 0 Å². The average Bonchev–Trinajstić information content (AvgIpc) is 3.03. The number of carbonyl (C=O) groups excluding carboxylic acids is 1. The van der Waals surface area contributed by atoms with Gasteiger partial charge in [0.15, 0.2) is 0 Å². The molecule has 0 radical (unpaired) electrons. The molecule has 122 valence electrons. The first kappa shape index (κ1) is 15.8. The average molecular weight is 327 g/mol. The Hall–Kier alpha value is -3.13. The summed E-state index contributed by atoms with van der Waals surface area (Å²) in [6, 6.07) is 12.2. The standard InChI is InChI=1S/C16H14FN5O2/c17-13-3-1-2-12(8-13)14(23)9-22-20-16(19-21-22)11-6-4-10(5-7-11)15(18)24/h1-8,14,23H,9H2,(H2,18,24). The van der Waals surface area contributed by atoms with Crippen LogP contribution in [0.2, 0.25) is 0 Å². The Morgan fingerprint density at radius 2 is 2.00 bits per heavy atom. The minimum absolute atomic E-state index is 0.0375. The van der Waals surface area contributed by atoms with Gasteiger partial charge in [-0.1, -0.05) is 24.3 Å². The Bertz CT molecular complexity index is 863. The molecule has 3 rings (SSSR count). The molecule has 0 aliphatic heterocycles. The third-order valence-electron chi connectivity index (χ3n) is 3.45. The van der Waals surface area contributed by atoms with Crippen LogP contribution in [0.3, 0.4) is 0 Å². The number of amides is 1. The molecule has 1 heterocycles. The number of hydrogen-bond acceptors (Lipinski definition) is 5. The minimum atomic E-state index is -0.958. The summed E-state index contributed by atoms with van der Waals surface area (Å²) in [5, 5.41) is 22.1. The lowest BCUT2D eigenvalue weighted by Crippen LogP contribution is -2.11. The maximum atomic E-state index is 13.2. The number of primary amides is 1. The number of aliphatic hydroxyl groups excluding tert-OH is 1. The number of nitrogens with two attached hydrogens (primary N) is 1. The van der Waals surface area contributed by atoms with Crippen LogP contribution in [0.5, 0.6) is 0 Å². The first-order chi connectivity index (χ1) is 11.5. The maximum absolute atomic E-state index is 13.2. The predicted octanol–water partition coefficient (Wildman–Crippen LogP) is 1.31. The molecular weight excluding hydrogens is 313 g/mol. The fourth-order valence-electron chi connectivity index (χ4n) is 2.19. The van der Waals surface area contributed by atoms with Crippen LogP contribution in [0.25, 0.3) is 11.4 Å². The van der Waals surface area contributed by atoms with Crippen LogP contribution in [0.1, 0.15) is 22.0 Å². The molecule has 0 saturated heterocycles. The zero-order valence-corrected chi connectivity index (χ0v) is 12.5. The van der Waals surface area contributed by atoms with Crippen LogP contribution < -0.4 is 5.73 Å². The topological polar surface area (TPSA) is 107 Å². The summed E-state index contributed by atoms with van der Waals surface area (Å²) in [6.07, 6.45) is -0.958. The van der Waals surface area contributed by atoms with E-state index in [4.69, 9.17) is 5.73 Å². The van der Waals surface area contributed by atoms with Gasteiger partial charge in [0.25, 0.3) is 0 Å². The number of benzene rings is 2. The lowest BCUT2D eigenvalue weighted by Gasteiger charge is -2.09. The molecule has 3 aromatic rings.